The Bertz CT molecular complexity index is 1300. The fourth-order valence-corrected chi connectivity index (χ4v) is 3.24. The lowest BCUT2D eigenvalue weighted by molar-refractivity contribution is -0.274. The number of carbonyl (C=O) groups excluding carboxylic acids is 1. The van der Waals surface area contributed by atoms with Crippen LogP contribution in [-0.2, 0) is 0 Å². The van der Waals surface area contributed by atoms with Gasteiger partial charge < -0.3 is 25.6 Å². The minimum Gasteiger partial charge on any atom is -0.406 e. The van der Waals surface area contributed by atoms with E-state index >= 15 is 0 Å². The van der Waals surface area contributed by atoms with Crippen LogP contribution in [0.4, 0.5) is 35.2 Å². The van der Waals surface area contributed by atoms with E-state index in [1.165, 1.54) is 12.1 Å². The molecule has 164 valence electrons. The fourth-order valence-electron chi connectivity index (χ4n) is 3.24. The van der Waals surface area contributed by atoms with Crippen LogP contribution in [0.5, 0.6) is 5.75 Å². The maximum absolute atomic E-state index is 12.5. The molecule has 10 heteroatoms. The number of amides is 2. The highest BCUT2D eigenvalue weighted by Crippen LogP contribution is 2.34. The summed E-state index contributed by atoms with van der Waals surface area (Å²) >= 11 is 0. The molecule has 0 aliphatic carbocycles. The molecule has 0 aliphatic rings. The molecule has 0 radical (unpaired) electrons. The first-order chi connectivity index (χ1) is 15.2. The highest BCUT2D eigenvalue weighted by molar-refractivity contribution is 6.03. The number of nitrogen functional groups attached to an aromatic ring is 1. The van der Waals surface area contributed by atoms with Gasteiger partial charge in [0.1, 0.15) is 5.75 Å². The maximum Gasteiger partial charge on any atom is 0.573 e. The normalized spacial score (nSPS) is 11.4. The first-order valence-electron chi connectivity index (χ1n) is 9.38. The summed E-state index contributed by atoms with van der Waals surface area (Å²) < 4.78 is 46.3. The average molecular weight is 442 g/mol. The molecule has 4 N–H and O–H groups in total. The number of rotatable bonds is 4. The molecule has 4 rings (SSSR count). The Morgan fingerprint density at radius 1 is 1.06 bits per heavy atom. The number of ether oxygens (including phenoxy) is 1. The molecule has 0 bridgehead atoms. The number of hydrogen-bond donors (Lipinski definition) is 3. The first kappa shape index (κ1) is 21.0. The average Bonchev–Trinajstić information content (AvgIpc) is 3.10. The second-order valence-electron chi connectivity index (χ2n) is 6.93. The predicted octanol–water partition coefficient (Wildman–Crippen LogP) is 5.93. The number of urea groups is 1. The summed E-state index contributed by atoms with van der Waals surface area (Å²) in [5, 5.41) is 9.65. The molecule has 0 aliphatic heterocycles. The number of halogens is 3. The zero-order valence-electron chi connectivity index (χ0n) is 16.7. The molecule has 2 amide bonds. The Hall–Kier alpha value is -4.21. The van der Waals surface area contributed by atoms with E-state index in [0.717, 1.165) is 28.8 Å². The Morgan fingerprint density at radius 3 is 2.62 bits per heavy atom. The third kappa shape index (κ3) is 4.59. The Balaban J connectivity index is 1.56. The molecule has 1 aromatic heterocycles. The van der Waals surface area contributed by atoms with Crippen LogP contribution in [0.15, 0.2) is 65.2 Å². The second kappa shape index (κ2) is 8.14. The number of carbonyl (C=O) groups is 1. The molecule has 0 saturated heterocycles. The molecule has 0 fully saturated rings. The van der Waals surface area contributed by atoms with Gasteiger partial charge in [0.2, 0.25) is 0 Å². The van der Waals surface area contributed by atoms with Crippen LogP contribution in [0.1, 0.15) is 5.56 Å². The van der Waals surface area contributed by atoms with Gasteiger partial charge >= 0.3 is 12.4 Å². The number of aryl methyl sites for hydroxylation is 1. The molecule has 0 saturated carbocycles. The van der Waals surface area contributed by atoms with Gasteiger partial charge in [-0.25, -0.2) is 4.79 Å². The minimum absolute atomic E-state index is 0.139. The van der Waals surface area contributed by atoms with Gasteiger partial charge in [-0.3, -0.25) is 0 Å². The maximum atomic E-state index is 12.5. The van der Waals surface area contributed by atoms with Gasteiger partial charge in [0, 0.05) is 17.4 Å². The van der Waals surface area contributed by atoms with Crippen LogP contribution in [0.3, 0.4) is 0 Å². The Labute approximate surface area is 179 Å². The molecule has 4 aromatic rings. The van der Waals surface area contributed by atoms with Crippen molar-refractivity contribution in [1.82, 2.24) is 5.16 Å². The number of aromatic nitrogens is 1. The molecule has 0 unspecified atom stereocenters. The van der Waals surface area contributed by atoms with Crippen LogP contribution in [0.2, 0.25) is 0 Å². The van der Waals surface area contributed by atoms with E-state index in [4.69, 9.17) is 10.3 Å². The molecule has 32 heavy (non-hydrogen) atoms. The number of alkyl halides is 3. The van der Waals surface area contributed by atoms with E-state index in [1.54, 1.807) is 18.2 Å². The summed E-state index contributed by atoms with van der Waals surface area (Å²) in [7, 11) is 0. The van der Waals surface area contributed by atoms with Crippen LogP contribution in [0.25, 0.3) is 22.1 Å². The highest BCUT2D eigenvalue weighted by atomic mass is 19.4. The van der Waals surface area contributed by atoms with Gasteiger partial charge in [-0.15, -0.1) is 13.2 Å². The van der Waals surface area contributed by atoms with Crippen molar-refractivity contribution in [3.05, 3.63) is 66.2 Å². The number of fused-ring (bicyclic) bond motifs is 1. The molecule has 1 heterocycles. The van der Waals surface area contributed by atoms with Crippen molar-refractivity contribution in [3.8, 4) is 16.9 Å². The standard InChI is InChI=1S/C22H17F3N4O3/c1-12-8-9-13(16-6-3-7-18-19(16)20(26)29-32-18)10-17(12)28-21(30)27-14-4-2-5-15(11-14)31-22(23,24)25/h2-11H,1H3,(H2,26,29)(H2,27,28,30). The molecule has 3 aromatic carbocycles. The predicted molar refractivity (Wildman–Crippen MR) is 114 cm³/mol. The van der Waals surface area contributed by atoms with E-state index in [1.807, 2.05) is 25.1 Å². The quantitative estimate of drug-likeness (QED) is 0.364. The van der Waals surface area contributed by atoms with Crippen molar-refractivity contribution in [1.29, 1.82) is 0 Å². The second-order valence-corrected chi connectivity index (χ2v) is 6.93. The highest BCUT2D eigenvalue weighted by Gasteiger charge is 2.31. The summed E-state index contributed by atoms with van der Waals surface area (Å²) in [5.74, 6) is -0.183. The van der Waals surface area contributed by atoms with Gasteiger partial charge in [0.15, 0.2) is 11.4 Å². The van der Waals surface area contributed by atoms with Gasteiger partial charge in [-0.05, 0) is 47.9 Å². The van der Waals surface area contributed by atoms with E-state index in [9.17, 15) is 18.0 Å². The zero-order valence-corrected chi connectivity index (χ0v) is 16.7. The summed E-state index contributed by atoms with van der Waals surface area (Å²) in [6.45, 7) is 1.81. The molecule has 0 atom stereocenters. The smallest absolute Gasteiger partial charge is 0.406 e. The lowest BCUT2D eigenvalue weighted by Crippen LogP contribution is -2.20. The monoisotopic (exact) mass is 442 g/mol. The number of hydrogen-bond acceptors (Lipinski definition) is 5. The lowest BCUT2D eigenvalue weighted by Gasteiger charge is -2.13. The summed E-state index contributed by atoms with van der Waals surface area (Å²) in [6.07, 6.45) is -4.82. The fraction of sp³-hybridized carbons (Fsp3) is 0.0909. The van der Waals surface area contributed by atoms with Gasteiger partial charge in [-0.2, -0.15) is 0 Å². The van der Waals surface area contributed by atoms with Crippen LogP contribution < -0.4 is 21.1 Å². The third-order valence-corrected chi connectivity index (χ3v) is 4.65. The number of nitrogens with zero attached hydrogens (tertiary/aromatic N) is 1. The topological polar surface area (TPSA) is 102 Å². The van der Waals surface area contributed by atoms with E-state index < -0.39 is 18.1 Å². The molecular formula is C22H17F3N4O3. The van der Waals surface area contributed by atoms with Crippen molar-refractivity contribution in [2.75, 3.05) is 16.4 Å². The van der Waals surface area contributed by atoms with E-state index in [-0.39, 0.29) is 11.5 Å². The van der Waals surface area contributed by atoms with Crippen molar-refractivity contribution in [3.63, 3.8) is 0 Å². The molecular weight excluding hydrogens is 425 g/mol. The van der Waals surface area contributed by atoms with Crippen LogP contribution >= 0.6 is 0 Å². The number of anilines is 3. The third-order valence-electron chi connectivity index (χ3n) is 4.65. The van der Waals surface area contributed by atoms with Crippen LogP contribution in [-0.4, -0.2) is 17.6 Å². The number of nitrogens with one attached hydrogen (secondary N) is 2. The Kier molecular flexibility index (Phi) is 5.35. The summed E-state index contributed by atoms with van der Waals surface area (Å²) in [4.78, 5) is 12.5. The molecule has 7 nitrogen and oxygen atoms in total. The largest absolute Gasteiger partial charge is 0.573 e. The number of nitrogens with two attached hydrogens (primary N) is 1. The number of benzene rings is 3. The Morgan fingerprint density at radius 2 is 1.84 bits per heavy atom. The summed E-state index contributed by atoms with van der Waals surface area (Å²) in [6, 6.07) is 15.2. The first-order valence-corrected chi connectivity index (χ1v) is 9.38. The van der Waals surface area contributed by atoms with E-state index in [0.29, 0.717) is 16.7 Å². The van der Waals surface area contributed by atoms with Gasteiger partial charge in [0.25, 0.3) is 0 Å². The lowest BCUT2D eigenvalue weighted by atomic mass is 9.99. The SMILES string of the molecule is Cc1ccc(-c2cccc3onc(N)c23)cc1NC(=O)Nc1cccc(OC(F)(F)F)c1. The van der Waals surface area contributed by atoms with E-state index in [2.05, 4.69) is 20.5 Å². The van der Waals surface area contributed by atoms with Crippen molar-refractivity contribution >= 4 is 34.2 Å². The van der Waals surface area contributed by atoms with Gasteiger partial charge in [0.05, 0.1) is 5.39 Å². The van der Waals surface area contributed by atoms with Crippen molar-refractivity contribution in [2.24, 2.45) is 0 Å². The molecule has 0 spiro atoms. The summed E-state index contributed by atoms with van der Waals surface area (Å²) in [5.41, 5.74) is 9.45. The minimum atomic E-state index is -4.82. The van der Waals surface area contributed by atoms with Crippen LogP contribution in [0, 0.1) is 6.92 Å². The zero-order chi connectivity index (χ0) is 22.9. The van der Waals surface area contributed by atoms with Gasteiger partial charge in [-0.1, -0.05) is 35.5 Å². The van der Waals surface area contributed by atoms with Crippen molar-refractivity contribution < 1.29 is 27.2 Å². The van der Waals surface area contributed by atoms with Crippen molar-refractivity contribution in [2.45, 2.75) is 13.3 Å².